The molecule has 98 heavy (non-hydrogen) atoms. The minimum absolute atomic E-state index is 0.00915. The minimum atomic E-state index is -3.63. The standard InChI is InChI=1S/C68H128N5O24P/c1-47(2)98(88,89)96-35-21-13-9-17-28-69-56(77)23-22-24-60(81)73-68(44-90-36-25-57(78)70-29-14-6-10-18-32-93-53-39-51(41-74)64(85)61(82)48(53)3,45-91-37-26-58(79)71-30-15-7-11-19-33-94-54-40-52(42-75)65(86)62(83)49(54)4)46-92-38-27-59(80)72-31-16-8-12-20-34-95-67-50(5)63(84)66(87)55(43-76)97-67/h47-55,61-67,74-76,82-87H,6-46H2,1-5H3,(H,69,77)(H,70,78)(H,71,79)(H,72,80)(H,73,81)(H,88,89)/t48?,49?,50?,51?,52?,53-,54-,55?,61-,62-,63-,64+,65+,66+,67-,68?/m1/s1. The summed E-state index contributed by atoms with van der Waals surface area (Å²) >= 11 is 0. The summed E-state index contributed by atoms with van der Waals surface area (Å²) in [4.78, 5) is 75.7. The topological polar surface area (TPSA) is 439 Å². The molecule has 30 heteroatoms. The number of carbonyl (C=O) groups is 5. The van der Waals surface area contributed by atoms with Crippen molar-refractivity contribution < 1.29 is 117 Å². The highest BCUT2D eigenvalue weighted by molar-refractivity contribution is 7.53. The quantitative estimate of drug-likeness (QED) is 0.0306. The first-order valence-corrected chi connectivity index (χ1v) is 38.0. The van der Waals surface area contributed by atoms with Gasteiger partial charge in [-0.05, 0) is 70.6 Å². The van der Waals surface area contributed by atoms with Crippen LogP contribution in [0.5, 0.6) is 0 Å². The third-order valence-electron chi connectivity index (χ3n) is 18.9. The third-order valence-corrected chi connectivity index (χ3v) is 20.7. The van der Waals surface area contributed by atoms with E-state index >= 15 is 0 Å². The maximum Gasteiger partial charge on any atom is 0.330 e. The second-order valence-corrected chi connectivity index (χ2v) is 29.8. The van der Waals surface area contributed by atoms with Crippen molar-refractivity contribution in [2.75, 3.05) is 112 Å². The zero-order valence-electron chi connectivity index (χ0n) is 59.4. The first-order valence-electron chi connectivity index (χ1n) is 36.4. The molecule has 0 aromatic carbocycles. The van der Waals surface area contributed by atoms with Crippen molar-refractivity contribution in [3.05, 3.63) is 0 Å². The SMILES string of the molecule is CC1[C@H](OCCCCCCNC(=O)CCOCC(COCCC(=O)NCCCCCCO[C@@H]2CC(CO)[C@H](O)[C@H](O)C2C)(COCCC(=O)NCCCCCCO[C@@H]2CC(CO)[C@H](O)[C@H](O)C2C)NC(=O)CCCC(=O)NCCCCCCOP(=O)(O)C(C)C)OC(CO)[C@H](O)[C@@H]1O. The van der Waals surface area contributed by atoms with Gasteiger partial charge in [-0.25, -0.2) is 0 Å². The molecule has 16 atom stereocenters. The van der Waals surface area contributed by atoms with Crippen molar-refractivity contribution in [1.29, 1.82) is 0 Å². The summed E-state index contributed by atoms with van der Waals surface area (Å²) in [7, 11) is -3.63. The Morgan fingerprint density at radius 3 is 1.18 bits per heavy atom. The van der Waals surface area contributed by atoms with Gasteiger partial charge in [0.15, 0.2) is 6.29 Å². The summed E-state index contributed by atoms with van der Waals surface area (Å²) in [6.07, 6.45) is 4.64. The molecule has 3 rings (SSSR count). The lowest BCUT2D eigenvalue weighted by Gasteiger charge is -2.40. The van der Waals surface area contributed by atoms with E-state index in [0.29, 0.717) is 97.4 Å². The number of hydrogen-bond acceptors (Lipinski definition) is 23. The van der Waals surface area contributed by atoms with E-state index in [2.05, 4.69) is 26.6 Å². The molecule has 0 spiro atoms. The van der Waals surface area contributed by atoms with Crippen LogP contribution in [0.1, 0.15) is 189 Å². The number of rotatable bonds is 56. The summed E-state index contributed by atoms with van der Waals surface area (Å²) in [5, 5.41) is 105. The molecule has 29 nitrogen and oxygen atoms in total. The average Bonchev–Trinajstić information content (AvgIpc) is 0.853. The van der Waals surface area contributed by atoms with E-state index < -0.39 is 98.1 Å². The summed E-state index contributed by atoms with van der Waals surface area (Å²) < 4.78 is 59.0. The van der Waals surface area contributed by atoms with E-state index in [9.17, 15) is 79.4 Å². The molecule has 3 fully saturated rings. The number of amides is 5. The molecule has 0 bridgehead atoms. The van der Waals surface area contributed by atoms with Gasteiger partial charge >= 0.3 is 7.60 Å². The molecule has 3 aliphatic rings. The zero-order chi connectivity index (χ0) is 72.3. The van der Waals surface area contributed by atoms with Crippen LogP contribution in [0.25, 0.3) is 0 Å². The number of nitrogens with one attached hydrogen (secondary N) is 5. The second kappa shape index (κ2) is 51.1. The summed E-state index contributed by atoms with van der Waals surface area (Å²) in [5.41, 5.74) is -1.87. The van der Waals surface area contributed by atoms with Crippen molar-refractivity contribution in [1.82, 2.24) is 26.6 Å². The van der Waals surface area contributed by atoms with Crippen LogP contribution >= 0.6 is 7.60 Å². The monoisotopic (exact) mass is 1430 g/mol. The third kappa shape index (κ3) is 35.4. The molecule has 2 saturated carbocycles. The second-order valence-electron chi connectivity index (χ2n) is 27.4. The number of unbranched alkanes of at least 4 members (excludes halogenated alkanes) is 12. The molecule has 1 heterocycles. The lowest BCUT2D eigenvalue weighted by atomic mass is 9.77. The van der Waals surface area contributed by atoms with Crippen LogP contribution < -0.4 is 26.6 Å². The fourth-order valence-corrected chi connectivity index (χ4v) is 12.7. The van der Waals surface area contributed by atoms with Crippen LogP contribution in [-0.4, -0.2) is 265 Å². The Bertz CT molecular complexity index is 2040. The van der Waals surface area contributed by atoms with Crippen molar-refractivity contribution in [3.63, 3.8) is 0 Å². The number of ether oxygens (including phenoxy) is 7. The largest absolute Gasteiger partial charge is 0.396 e. The van der Waals surface area contributed by atoms with E-state index in [0.717, 1.165) is 64.2 Å². The number of hydrogen-bond donors (Lipinski definition) is 15. The molecule has 15 N–H and O–H groups in total. The number of carbonyl (C=O) groups excluding carboxylic acids is 5. The van der Waals surface area contributed by atoms with Crippen molar-refractivity contribution in [3.8, 4) is 0 Å². The molecule has 0 radical (unpaired) electrons. The van der Waals surface area contributed by atoms with Gasteiger partial charge in [-0.2, -0.15) is 0 Å². The van der Waals surface area contributed by atoms with Crippen molar-refractivity contribution in [2.24, 2.45) is 29.6 Å². The van der Waals surface area contributed by atoms with Gasteiger partial charge in [-0.3, -0.25) is 28.5 Å². The fraction of sp³-hybridized carbons (Fsp3) is 0.926. The van der Waals surface area contributed by atoms with E-state index in [4.69, 9.17) is 37.7 Å². The highest BCUT2D eigenvalue weighted by Gasteiger charge is 2.44. The van der Waals surface area contributed by atoms with Crippen LogP contribution in [0.15, 0.2) is 0 Å². The Labute approximate surface area is 581 Å². The first-order chi connectivity index (χ1) is 46.9. The van der Waals surface area contributed by atoms with Gasteiger partial charge in [0.25, 0.3) is 0 Å². The molecule has 2 aliphatic carbocycles. The van der Waals surface area contributed by atoms with E-state index in [1.54, 1.807) is 20.8 Å². The summed E-state index contributed by atoms with van der Waals surface area (Å²) in [5.74, 6) is -3.36. The molecular formula is C68H128N5O24P. The van der Waals surface area contributed by atoms with Crippen LogP contribution in [-0.2, 0) is 66.2 Å². The van der Waals surface area contributed by atoms with Gasteiger partial charge in [0.1, 0.15) is 17.7 Å². The lowest BCUT2D eigenvalue weighted by molar-refractivity contribution is -0.282. The minimum Gasteiger partial charge on any atom is -0.396 e. The highest BCUT2D eigenvalue weighted by atomic mass is 31.2. The Balaban J connectivity index is 1.56. The fourth-order valence-electron chi connectivity index (χ4n) is 12.0. The van der Waals surface area contributed by atoms with E-state index in [1.165, 1.54) is 0 Å². The first kappa shape index (κ1) is 89.1. The predicted molar refractivity (Wildman–Crippen MR) is 363 cm³/mol. The van der Waals surface area contributed by atoms with Gasteiger partial charge in [0.2, 0.25) is 29.5 Å². The molecular weight excluding hydrogens is 1300 g/mol. The average molecular weight is 1430 g/mol. The molecule has 1 aliphatic heterocycles. The summed E-state index contributed by atoms with van der Waals surface area (Å²) in [6, 6.07) is 0. The van der Waals surface area contributed by atoms with Crippen LogP contribution in [0.3, 0.4) is 0 Å². The van der Waals surface area contributed by atoms with Crippen molar-refractivity contribution in [2.45, 2.75) is 261 Å². The van der Waals surface area contributed by atoms with Crippen LogP contribution in [0.2, 0.25) is 0 Å². The smallest absolute Gasteiger partial charge is 0.330 e. The van der Waals surface area contributed by atoms with Gasteiger partial charge in [-0.1, -0.05) is 86.0 Å². The van der Waals surface area contributed by atoms with Crippen LogP contribution in [0.4, 0.5) is 0 Å². The lowest BCUT2D eigenvalue weighted by Crippen LogP contribution is -2.58. The highest BCUT2D eigenvalue weighted by Crippen LogP contribution is 2.47. The maximum absolute atomic E-state index is 13.9. The Morgan fingerprint density at radius 1 is 0.439 bits per heavy atom. The molecule has 0 aromatic heterocycles. The Kier molecular flexibility index (Phi) is 46.4. The van der Waals surface area contributed by atoms with Gasteiger partial charge in [0, 0.05) is 121 Å². The van der Waals surface area contributed by atoms with E-state index in [-0.39, 0.29) is 146 Å². The summed E-state index contributed by atoms with van der Waals surface area (Å²) in [6.45, 7) is 10.1. The molecule has 574 valence electrons. The Hall–Kier alpha value is -3.14. The normalized spacial score (nSPS) is 27.0. The van der Waals surface area contributed by atoms with Crippen molar-refractivity contribution >= 4 is 37.1 Å². The van der Waals surface area contributed by atoms with E-state index in [1.807, 2.05) is 13.8 Å². The number of aliphatic hydroxyl groups is 9. The van der Waals surface area contributed by atoms with Gasteiger partial charge < -0.3 is 115 Å². The maximum atomic E-state index is 13.9. The molecule has 5 amide bonds. The van der Waals surface area contributed by atoms with Crippen LogP contribution in [0, 0.1) is 29.6 Å². The molecule has 0 aromatic rings. The Morgan fingerprint density at radius 2 is 0.796 bits per heavy atom. The zero-order valence-corrected chi connectivity index (χ0v) is 60.3. The van der Waals surface area contributed by atoms with Gasteiger partial charge in [0.05, 0.1) is 101 Å². The molecule has 1 saturated heterocycles. The van der Waals surface area contributed by atoms with Gasteiger partial charge in [-0.15, -0.1) is 0 Å². The molecule has 7 unspecified atom stereocenters. The predicted octanol–water partition coefficient (Wildman–Crippen LogP) is 2.15. The number of aliphatic hydroxyl groups excluding tert-OH is 9.